The van der Waals surface area contributed by atoms with Crippen molar-refractivity contribution in [2.45, 2.75) is 26.4 Å². The minimum Gasteiger partial charge on any atom is -0.373 e. The van der Waals surface area contributed by atoms with E-state index < -0.39 is 0 Å². The van der Waals surface area contributed by atoms with Gasteiger partial charge < -0.3 is 10.1 Å². The molecule has 1 aliphatic rings. The molecule has 0 saturated carbocycles. The lowest BCUT2D eigenvalue weighted by Gasteiger charge is -2.17. The lowest BCUT2D eigenvalue weighted by molar-refractivity contribution is -0.121. The van der Waals surface area contributed by atoms with Crippen LogP contribution < -0.4 is 5.32 Å². The van der Waals surface area contributed by atoms with Crippen LogP contribution in [0.25, 0.3) is 0 Å². The van der Waals surface area contributed by atoms with E-state index in [1.165, 1.54) is 0 Å². The Kier molecular flexibility index (Phi) is 3.50. The fraction of sp³-hybridized carbons (Fsp3) is 0.500. The number of nitrogens with one attached hydrogen (secondary N) is 2. The first kappa shape index (κ1) is 13.8. The van der Waals surface area contributed by atoms with E-state index in [1.54, 1.807) is 16.9 Å². The minimum absolute atomic E-state index is 0.0627. The van der Waals surface area contributed by atoms with Crippen LogP contribution in [0.5, 0.6) is 0 Å². The fourth-order valence-electron chi connectivity index (χ4n) is 2.66. The molecule has 3 heterocycles. The summed E-state index contributed by atoms with van der Waals surface area (Å²) in [6.45, 7) is 4.45. The molecule has 0 spiro atoms. The second-order valence-corrected chi connectivity index (χ2v) is 5.42. The van der Waals surface area contributed by atoms with Crippen LogP contribution in [0.3, 0.4) is 0 Å². The van der Waals surface area contributed by atoms with Crippen molar-refractivity contribution >= 4 is 11.7 Å². The molecular weight excluding hydrogens is 270 g/mol. The molecule has 7 heteroatoms. The molecule has 1 saturated heterocycles. The number of carbonyl (C=O) groups is 1. The monoisotopic (exact) mass is 289 g/mol. The van der Waals surface area contributed by atoms with Crippen molar-refractivity contribution in [3.05, 3.63) is 29.2 Å². The van der Waals surface area contributed by atoms with Gasteiger partial charge in [0.15, 0.2) is 5.82 Å². The van der Waals surface area contributed by atoms with Crippen molar-refractivity contribution in [2.24, 2.45) is 13.0 Å². The highest BCUT2D eigenvalue weighted by Crippen LogP contribution is 2.36. The number of rotatable bonds is 3. The molecule has 21 heavy (non-hydrogen) atoms. The number of aromatic nitrogens is 4. The van der Waals surface area contributed by atoms with Gasteiger partial charge in [0.05, 0.1) is 18.2 Å². The van der Waals surface area contributed by atoms with Crippen LogP contribution in [0.1, 0.15) is 29.5 Å². The summed E-state index contributed by atoms with van der Waals surface area (Å²) < 4.78 is 7.56. The molecule has 7 nitrogen and oxygen atoms in total. The number of H-pyrrole nitrogens is 1. The van der Waals surface area contributed by atoms with Crippen LogP contribution in [0, 0.1) is 19.8 Å². The molecule has 1 amide bonds. The van der Waals surface area contributed by atoms with Crippen LogP contribution in [-0.2, 0) is 16.6 Å². The third kappa shape index (κ3) is 2.56. The summed E-state index contributed by atoms with van der Waals surface area (Å²) in [7, 11) is 1.88. The predicted octanol–water partition coefficient (Wildman–Crippen LogP) is 1.48. The Labute approximate surface area is 122 Å². The van der Waals surface area contributed by atoms with Crippen molar-refractivity contribution < 1.29 is 9.53 Å². The average Bonchev–Trinajstić information content (AvgIpc) is 3.13. The third-order valence-electron chi connectivity index (χ3n) is 3.97. The van der Waals surface area contributed by atoms with E-state index in [4.69, 9.17) is 4.74 Å². The van der Waals surface area contributed by atoms with Gasteiger partial charge in [0.2, 0.25) is 5.91 Å². The lowest BCUT2D eigenvalue weighted by Crippen LogP contribution is -2.25. The summed E-state index contributed by atoms with van der Waals surface area (Å²) in [5, 5.41) is 13.9. The highest BCUT2D eigenvalue weighted by Gasteiger charge is 2.37. The molecule has 2 aromatic rings. The van der Waals surface area contributed by atoms with E-state index in [-0.39, 0.29) is 17.9 Å². The molecule has 112 valence electrons. The first-order chi connectivity index (χ1) is 10.1. The topological polar surface area (TPSA) is 84.8 Å². The molecule has 0 aliphatic carbocycles. The smallest absolute Gasteiger partial charge is 0.231 e. The number of hydrogen-bond acceptors (Lipinski definition) is 4. The minimum atomic E-state index is -0.237. The Hall–Kier alpha value is -2.15. The standard InChI is InChI=1S/C14H19N5O2/c1-8-6-12(18-17-8)16-14(20)10-4-5-21-13(10)11-7-15-19(3)9(11)2/h6-7,10,13H,4-5H2,1-3H3,(H2,16,17,18,20)/t10-,13-/m0/s1. The first-order valence-corrected chi connectivity index (χ1v) is 6.99. The van der Waals surface area contributed by atoms with Crippen molar-refractivity contribution in [3.63, 3.8) is 0 Å². The Bertz CT molecular complexity index is 660. The van der Waals surface area contributed by atoms with Gasteiger partial charge in [0.25, 0.3) is 0 Å². The van der Waals surface area contributed by atoms with Crippen LogP contribution in [0.15, 0.2) is 12.3 Å². The SMILES string of the molecule is Cc1cc(NC(=O)[C@H]2CCO[C@@H]2c2cnn(C)c2C)n[nH]1. The van der Waals surface area contributed by atoms with Crippen molar-refractivity contribution in [2.75, 3.05) is 11.9 Å². The van der Waals surface area contributed by atoms with E-state index in [0.717, 1.165) is 17.0 Å². The van der Waals surface area contributed by atoms with Crippen LogP contribution in [0.2, 0.25) is 0 Å². The van der Waals surface area contributed by atoms with Gasteiger partial charge >= 0.3 is 0 Å². The quantitative estimate of drug-likeness (QED) is 0.896. The highest BCUT2D eigenvalue weighted by molar-refractivity contribution is 5.92. The van der Waals surface area contributed by atoms with Gasteiger partial charge in [-0.15, -0.1) is 0 Å². The molecule has 0 unspecified atom stereocenters. The van der Waals surface area contributed by atoms with Crippen LogP contribution in [0.4, 0.5) is 5.82 Å². The Morgan fingerprint density at radius 1 is 1.52 bits per heavy atom. The molecule has 1 fully saturated rings. The van der Waals surface area contributed by atoms with Crippen LogP contribution in [-0.4, -0.2) is 32.5 Å². The zero-order valence-electron chi connectivity index (χ0n) is 12.4. The molecular formula is C14H19N5O2. The van der Waals surface area contributed by atoms with Gasteiger partial charge in [0.1, 0.15) is 0 Å². The fourth-order valence-corrected chi connectivity index (χ4v) is 2.66. The lowest BCUT2D eigenvalue weighted by atomic mass is 9.95. The van der Waals surface area contributed by atoms with E-state index >= 15 is 0 Å². The van der Waals surface area contributed by atoms with Crippen molar-refractivity contribution in [1.29, 1.82) is 0 Å². The summed E-state index contributed by atoms with van der Waals surface area (Å²) in [5.41, 5.74) is 2.91. The summed E-state index contributed by atoms with van der Waals surface area (Å²) in [6, 6.07) is 1.80. The molecule has 0 bridgehead atoms. The van der Waals surface area contributed by atoms with Gasteiger partial charge in [-0.3, -0.25) is 14.6 Å². The highest BCUT2D eigenvalue weighted by atomic mass is 16.5. The van der Waals surface area contributed by atoms with Gasteiger partial charge in [-0.2, -0.15) is 10.2 Å². The van der Waals surface area contributed by atoms with Crippen LogP contribution >= 0.6 is 0 Å². The van der Waals surface area contributed by atoms with Crippen molar-refractivity contribution in [1.82, 2.24) is 20.0 Å². The second kappa shape index (κ2) is 5.33. The zero-order valence-corrected chi connectivity index (χ0v) is 12.4. The molecule has 3 rings (SSSR count). The van der Waals surface area contributed by atoms with Crippen molar-refractivity contribution in [3.8, 4) is 0 Å². The second-order valence-electron chi connectivity index (χ2n) is 5.42. The molecule has 0 radical (unpaired) electrons. The number of anilines is 1. The number of nitrogens with zero attached hydrogens (tertiary/aromatic N) is 3. The molecule has 2 aromatic heterocycles. The summed E-state index contributed by atoms with van der Waals surface area (Å²) >= 11 is 0. The Morgan fingerprint density at radius 3 is 2.95 bits per heavy atom. The normalized spacial score (nSPS) is 21.7. The average molecular weight is 289 g/mol. The van der Waals surface area contributed by atoms with E-state index in [9.17, 15) is 4.79 Å². The number of aryl methyl sites for hydroxylation is 2. The number of aromatic amines is 1. The number of amides is 1. The molecule has 1 aliphatic heterocycles. The maximum atomic E-state index is 12.5. The van der Waals surface area contributed by atoms with E-state index in [1.807, 2.05) is 20.9 Å². The van der Waals surface area contributed by atoms with E-state index in [2.05, 4.69) is 20.6 Å². The largest absolute Gasteiger partial charge is 0.373 e. The number of carbonyl (C=O) groups excluding carboxylic acids is 1. The van der Waals surface area contributed by atoms with Gasteiger partial charge in [-0.25, -0.2) is 0 Å². The van der Waals surface area contributed by atoms with Gasteiger partial charge in [0, 0.05) is 36.7 Å². The molecule has 2 N–H and O–H groups in total. The molecule has 0 aromatic carbocycles. The van der Waals surface area contributed by atoms with E-state index in [0.29, 0.717) is 18.8 Å². The predicted molar refractivity (Wildman–Crippen MR) is 76.7 cm³/mol. The number of hydrogen-bond donors (Lipinski definition) is 2. The Balaban J connectivity index is 1.77. The van der Waals surface area contributed by atoms with Gasteiger partial charge in [-0.05, 0) is 20.3 Å². The Morgan fingerprint density at radius 2 is 2.33 bits per heavy atom. The summed E-state index contributed by atoms with van der Waals surface area (Å²) in [4.78, 5) is 12.5. The maximum absolute atomic E-state index is 12.5. The maximum Gasteiger partial charge on any atom is 0.231 e. The van der Waals surface area contributed by atoms with Gasteiger partial charge in [-0.1, -0.05) is 0 Å². The molecule has 2 atom stereocenters. The third-order valence-corrected chi connectivity index (χ3v) is 3.97. The zero-order chi connectivity index (χ0) is 15.0. The summed E-state index contributed by atoms with van der Waals surface area (Å²) in [5.74, 6) is 0.267. The first-order valence-electron chi connectivity index (χ1n) is 6.99. The summed E-state index contributed by atoms with van der Waals surface area (Å²) in [6.07, 6.45) is 2.25. The number of ether oxygens (including phenoxy) is 1.